The second-order valence-electron chi connectivity index (χ2n) is 4.85. The average molecular weight is 276 g/mol. The first-order chi connectivity index (χ1) is 7.72. The first kappa shape index (κ1) is 13.1. The van der Waals surface area contributed by atoms with Gasteiger partial charge in [-0.25, -0.2) is 4.98 Å². The number of nitrogen functional groups attached to an aromatic ring is 1. The summed E-state index contributed by atoms with van der Waals surface area (Å²) in [6.07, 6.45) is 6.13. The summed E-state index contributed by atoms with van der Waals surface area (Å²) in [6, 6.07) is 1.13. The molecule has 0 saturated carbocycles. The molecule has 1 aromatic heterocycles. The number of fused-ring (bicyclic) bond motifs is 2. The van der Waals surface area contributed by atoms with Crippen LogP contribution >= 0.6 is 23.7 Å². The molecule has 3 N–H and O–H groups in total. The highest BCUT2D eigenvalue weighted by Gasteiger charge is 2.39. The summed E-state index contributed by atoms with van der Waals surface area (Å²) >= 11 is 1.58. The van der Waals surface area contributed by atoms with Gasteiger partial charge in [-0.1, -0.05) is 0 Å². The SMILES string of the molecule is Cl.Nc1ncc(CN2C3CCC2CC(O)C3)s1. The van der Waals surface area contributed by atoms with Gasteiger partial charge in [0.1, 0.15) is 0 Å². The number of aliphatic hydroxyl groups is 1. The number of hydrogen-bond acceptors (Lipinski definition) is 5. The van der Waals surface area contributed by atoms with Crippen molar-refractivity contribution < 1.29 is 5.11 Å². The van der Waals surface area contributed by atoms with Crippen molar-refractivity contribution in [2.75, 3.05) is 5.73 Å². The van der Waals surface area contributed by atoms with Gasteiger partial charge in [-0.05, 0) is 25.7 Å². The second-order valence-corrected chi connectivity index (χ2v) is 5.99. The monoisotopic (exact) mass is 275 g/mol. The van der Waals surface area contributed by atoms with Crippen LogP contribution in [0.2, 0.25) is 0 Å². The third-order valence-corrected chi connectivity index (χ3v) is 4.58. The fourth-order valence-corrected chi connectivity index (χ4v) is 3.77. The predicted molar refractivity (Wildman–Crippen MR) is 71.4 cm³/mol. The Morgan fingerprint density at radius 3 is 2.59 bits per heavy atom. The smallest absolute Gasteiger partial charge is 0.180 e. The van der Waals surface area contributed by atoms with Gasteiger partial charge >= 0.3 is 0 Å². The molecule has 6 heteroatoms. The molecule has 0 radical (unpaired) electrons. The molecule has 96 valence electrons. The van der Waals surface area contributed by atoms with E-state index in [0.29, 0.717) is 17.2 Å². The predicted octanol–water partition coefficient (Wildman–Crippen LogP) is 1.63. The summed E-state index contributed by atoms with van der Waals surface area (Å²) in [5, 5.41) is 10.4. The molecule has 2 saturated heterocycles. The summed E-state index contributed by atoms with van der Waals surface area (Å²) in [6.45, 7) is 0.955. The first-order valence-electron chi connectivity index (χ1n) is 5.86. The standard InChI is InChI=1S/C11H17N3OS.ClH/c12-11-13-5-10(16-11)6-14-7-1-2-8(14)4-9(15)3-7;/h5,7-9,15H,1-4,6H2,(H2,12,13);1H. The number of piperidine rings is 1. The number of nitrogens with zero attached hydrogens (tertiary/aromatic N) is 2. The van der Waals surface area contributed by atoms with E-state index in [1.165, 1.54) is 17.7 Å². The molecule has 0 aromatic carbocycles. The molecule has 3 heterocycles. The Morgan fingerprint density at radius 1 is 1.41 bits per heavy atom. The molecule has 0 spiro atoms. The van der Waals surface area contributed by atoms with Crippen LogP contribution in [0.4, 0.5) is 5.13 Å². The zero-order valence-corrected chi connectivity index (χ0v) is 11.2. The largest absolute Gasteiger partial charge is 0.393 e. The Balaban J connectivity index is 0.00000108. The fraction of sp³-hybridized carbons (Fsp3) is 0.727. The van der Waals surface area contributed by atoms with E-state index in [1.807, 2.05) is 6.20 Å². The Labute approximate surface area is 111 Å². The lowest BCUT2D eigenvalue weighted by atomic mass is 10.00. The van der Waals surface area contributed by atoms with Crippen LogP contribution in [0.25, 0.3) is 0 Å². The van der Waals surface area contributed by atoms with Gasteiger partial charge in [-0.2, -0.15) is 0 Å². The third-order valence-electron chi connectivity index (χ3n) is 3.77. The van der Waals surface area contributed by atoms with Gasteiger partial charge in [0.15, 0.2) is 5.13 Å². The van der Waals surface area contributed by atoms with Crippen LogP contribution in [0, 0.1) is 0 Å². The molecule has 2 fully saturated rings. The molecule has 2 aliphatic rings. The normalized spacial score (nSPS) is 32.4. The molecule has 2 unspecified atom stereocenters. The van der Waals surface area contributed by atoms with E-state index in [1.54, 1.807) is 11.3 Å². The molecule has 17 heavy (non-hydrogen) atoms. The summed E-state index contributed by atoms with van der Waals surface area (Å²) in [5.41, 5.74) is 5.64. The molecule has 2 bridgehead atoms. The van der Waals surface area contributed by atoms with Crippen molar-refractivity contribution >= 4 is 28.9 Å². The topological polar surface area (TPSA) is 62.4 Å². The average Bonchev–Trinajstić information content (AvgIpc) is 2.72. The minimum absolute atomic E-state index is 0. The Bertz CT molecular complexity index is 373. The van der Waals surface area contributed by atoms with Gasteiger partial charge in [0.25, 0.3) is 0 Å². The zero-order chi connectivity index (χ0) is 11.1. The van der Waals surface area contributed by atoms with Gasteiger partial charge in [-0.3, -0.25) is 4.90 Å². The quantitative estimate of drug-likeness (QED) is 0.861. The van der Waals surface area contributed by atoms with E-state index in [0.717, 1.165) is 19.4 Å². The first-order valence-corrected chi connectivity index (χ1v) is 6.68. The molecular formula is C11H18ClN3OS. The molecule has 3 rings (SSSR count). The zero-order valence-electron chi connectivity index (χ0n) is 9.58. The molecule has 0 amide bonds. The molecular weight excluding hydrogens is 258 g/mol. The second kappa shape index (κ2) is 5.10. The lowest BCUT2D eigenvalue weighted by Crippen LogP contribution is -2.43. The van der Waals surface area contributed by atoms with Crippen LogP contribution in [0.5, 0.6) is 0 Å². The van der Waals surface area contributed by atoms with Gasteiger partial charge < -0.3 is 10.8 Å². The fourth-order valence-electron chi connectivity index (χ4n) is 3.08. The van der Waals surface area contributed by atoms with Crippen LogP contribution in [-0.2, 0) is 6.54 Å². The molecule has 2 aliphatic heterocycles. The third kappa shape index (κ3) is 2.57. The Hall–Kier alpha value is -0.360. The highest BCUT2D eigenvalue weighted by molar-refractivity contribution is 7.15. The van der Waals surface area contributed by atoms with E-state index in [9.17, 15) is 5.11 Å². The van der Waals surface area contributed by atoms with Gasteiger partial charge in [0, 0.05) is 29.7 Å². The van der Waals surface area contributed by atoms with Gasteiger partial charge in [0.05, 0.1) is 6.10 Å². The van der Waals surface area contributed by atoms with Crippen LogP contribution in [0.3, 0.4) is 0 Å². The number of anilines is 1. The van der Waals surface area contributed by atoms with Crippen molar-refractivity contribution in [1.29, 1.82) is 0 Å². The van der Waals surface area contributed by atoms with Crippen molar-refractivity contribution in [1.82, 2.24) is 9.88 Å². The van der Waals surface area contributed by atoms with E-state index >= 15 is 0 Å². The number of halogens is 1. The lowest BCUT2D eigenvalue weighted by Gasteiger charge is -2.36. The maximum absolute atomic E-state index is 9.72. The summed E-state index contributed by atoms with van der Waals surface area (Å²) in [7, 11) is 0. The summed E-state index contributed by atoms with van der Waals surface area (Å²) in [5.74, 6) is 0. The number of hydrogen-bond donors (Lipinski definition) is 2. The van der Waals surface area contributed by atoms with Crippen molar-refractivity contribution in [3.63, 3.8) is 0 Å². The number of aliphatic hydroxyl groups excluding tert-OH is 1. The van der Waals surface area contributed by atoms with Crippen LogP contribution in [0.1, 0.15) is 30.6 Å². The molecule has 2 atom stereocenters. The number of rotatable bonds is 2. The molecule has 1 aromatic rings. The van der Waals surface area contributed by atoms with E-state index in [2.05, 4.69) is 9.88 Å². The van der Waals surface area contributed by atoms with E-state index in [4.69, 9.17) is 5.73 Å². The summed E-state index contributed by atoms with van der Waals surface area (Å²) < 4.78 is 0. The van der Waals surface area contributed by atoms with Crippen molar-refractivity contribution in [3.05, 3.63) is 11.1 Å². The van der Waals surface area contributed by atoms with Crippen LogP contribution in [0.15, 0.2) is 6.20 Å². The minimum atomic E-state index is -0.0831. The maximum atomic E-state index is 9.72. The van der Waals surface area contributed by atoms with Crippen LogP contribution < -0.4 is 5.73 Å². The summed E-state index contributed by atoms with van der Waals surface area (Å²) in [4.78, 5) is 7.86. The number of thiazole rings is 1. The van der Waals surface area contributed by atoms with Crippen molar-refractivity contribution in [2.45, 2.75) is 50.4 Å². The van der Waals surface area contributed by atoms with E-state index in [-0.39, 0.29) is 18.5 Å². The Morgan fingerprint density at radius 2 is 2.06 bits per heavy atom. The Kier molecular flexibility index (Phi) is 3.92. The number of aromatic nitrogens is 1. The molecule has 4 nitrogen and oxygen atoms in total. The van der Waals surface area contributed by atoms with Crippen molar-refractivity contribution in [2.24, 2.45) is 0 Å². The van der Waals surface area contributed by atoms with Crippen LogP contribution in [-0.4, -0.2) is 33.2 Å². The highest BCUT2D eigenvalue weighted by Crippen LogP contribution is 2.37. The minimum Gasteiger partial charge on any atom is -0.393 e. The lowest BCUT2D eigenvalue weighted by molar-refractivity contribution is 0.0315. The van der Waals surface area contributed by atoms with Crippen molar-refractivity contribution in [3.8, 4) is 0 Å². The van der Waals surface area contributed by atoms with E-state index < -0.39 is 0 Å². The van der Waals surface area contributed by atoms with Gasteiger partial charge in [0.2, 0.25) is 0 Å². The molecule has 0 aliphatic carbocycles. The maximum Gasteiger partial charge on any atom is 0.180 e. The number of nitrogens with two attached hydrogens (primary N) is 1. The van der Waals surface area contributed by atoms with Gasteiger partial charge in [-0.15, -0.1) is 23.7 Å². The highest BCUT2D eigenvalue weighted by atomic mass is 35.5.